The van der Waals surface area contributed by atoms with Crippen LogP contribution in [-0.2, 0) is 10.0 Å². The van der Waals surface area contributed by atoms with Crippen LogP contribution in [0.3, 0.4) is 0 Å². The van der Waals surface area contributed by atoms with Crippen LogP contribution in [0.1, 0.15) is 5.56 Å². The third kappa shape index (κ3) is 3.90. The Hall–Kier alpha value is -1.27. The van der Waals surface area contributed by atoms with Crippen LogP contribution < -0.4 is 4.72 Å². The second-order valence-corrected chi connectivity index (χ2v) is 6.05. The minimum Gasteiger partial charge on any atom is -0.261 e. The number of nitrogens with zero attached hydrogens (tertiary/aromatic N) is 1. The maximum atomic E-state index is 11.7. The Bertz CT molecular complexity index is 536. The predicted octanol–water partition coefficient (Wildman–Crippen LogP) is 1.68. The van der Waals surface area contributed by atoms with Gasteiger partial charge in [-0.1, -0.05) is 42.1 Å². The van der Waals surface area contributed by atoms with Crippen LogP contribution in [0, 0.1) is 0 Å². The molecule has 0 amide bonds. The average Bonchev–Trinajstić information content (AvgIpc) is 2.80. The Morgan fingerprint density at radius 1 is 1.29 bits per heavy atom. The van der Waals surface area contributed by atoms with E-state index in [1.54, 1.807) is 6.08 Å². The summed E-state index contributed by atoms with van der Waals surface area (Å²) in [6.45, 7) is 0.672. The van der Waals surface area contributed by atoms with Gasteiger partial charge in [0, 0.05) is 5.75 Å². The molecule has 6 heteroatoms. The molecule has 0 atom stereocenters. The number of hydrogen-bond acceptors (Lipinski definition) is 4. The molecular weight excluding hydrogens is 256 g/mol. The highest BCUT2D eigenvalue weighted by atomic mass is 32.2. The van der Waals surface area contributed by atoms with Crippen molar-refractivity contribution in [2.24, 2.45) is 4.99 Å². The zero-order valence-corrected chi connectivity index (χ0v) is 10.7. The van der Waals surface area contributed by atoms with Gasteiger partial charge in [0.25, 0.3) is 10.0 Å². The first-order valence-electron chi connectivity index (χ1n) is 5.09. The Balaban J connectivity index is 2.04. The molecule has 0 aromatic heterocycles. The van der Waals surface area contributed by atoms with E-state index < -0.39 is 10.0 Å². The average molecular weight is 268 g/mol. The van der Waals surface area contributed by atoms with E-state index in [-0.39, 0.29) is 0 Å². The number of benzene rings is 1. The fourth-order valence-electron chi connectivity index (χ4n) is 1.28. The summed E-state index contributed by atoms with van der Waals surface area (Å²) < 4.78 is 25.8. The highest BCUT2D eigenvalue weighted by molar-refractivity contribution is 8.15. The van der Waals surface area contributed by atoms with Crippen molar-refractivity contribution in [2.45, 2.75) is 0 Å². The van der Waals surface area contributed by atoms with E-state index in [2.05, 4.69) is 9.71 Å². The number of aliphatic imine (C=N–C) groups is 1. The molecule has 1 heterocycles. The van der Waals surface area contributed by atoms with Crippen molar-refractivity contribution < 1.29 is 8.42 Å². The van der Waals surface area contributed by atoms with Crippen LogP contribution in [0.25, 0.3) is 6.08 Å². The lowest BCUT2D eigenvalue weighted by molar-refractivity contribution is 0.602. The SMILES string of the molecule is O=S(=O)(/C=C/c1ccccc1)NC1=NCCS1. The lowest BCUT2D eigenvalue weighted by Gasteiger charge is -2.01. The van der Waals surface area contributed by atoms with Gasteiger partial charge in [-0.3, -0.25) is 9.71 Å². The normalized spacial score (nSPS) is 16.1. The molecule has 1 aromatic rings. The molecule has 0 spiro atoms. The molecule has 1 aliphatic rings. The molecule has 17 heavy (non-hydrogen) atoms. The van der Waals surface area contributed by atoms with E-state index in [1.165, 1.54) is 11.8 Å². The molecule has 1 aliphatic heterocycles. The minimum absolute atomic E-state index is 0.475. The van der Waals surface area contributed by atoms with Crippen molar-refractivity contribution in [3.63, 3.8) is 0 Å². The standard InChI is InChI=1S/C11H12N2O2S2/c14-17(15,13-11-12-7-8-16-11)9-6-10-4-2-1-3-5-10/h1-6,9H,7-8H2,(H,12,13)/b9-6+. The van der Waals surface area contributed by atoms with Crippen LogP contribution in [0.15, 0.2) is 40.7 Å². The Morgan fingerprint density at radius 2 is 2.06 bits per heavy atom. The van der Waals surface area contributed by atoms with Gasteiger partial charge in [-0.25, -0.2) is 8.42 Å². The van der Waals surface area contributed by atoms with Crippen molar-refractivity contribution >= 4 is 33.0 Å². The lowest BCUT2D eigenvalue weighted by Crippen LogP contribution is -2.25. The topological polar surface area (TPSA) is 58.5 Å². The van der Waals surface area contributed by atoms with Gasteiger partial charge in [-0.2, -0.15) is 0 Å². The number of sulfonamides is 1. The van der Waals surface area contributed by atoms with Crippen LogP contribution >= 0.6 is 11.8 Å². The summed E-state index contributed by atoms with van der Waals surface area (Å²) in [4.78, 5) is 4.03. The zero-order valence-electron chi connectivity index (χ0n) is 9.04. The van der Waals surface area contributed by atoms with Gasteiger partial charge in [0.2, 0.25) is 0 Å². The molecule has 1 N–H and O–H groups in total. The lowest BCUT2D eigenvalue weighted by atomic mass is 10.2. The van der Waals surface area contributed by atoms with E-state index in [0.717, 1.165) is 16.7 Å². The summed E-state index contributed by atoms with van der Waals surface area (Å²) in [6.07, 6.45) is 1.56. The van der Waals surface area contributed by atoms with Gasteiger partial charge in [0.05, 0.1) is 12.0 Å². The second kappa shape index (κ2) is 5.37. The van der Waals surface area contributed by atoms with Gasteiger partial charge >= 0.3 is 0 Å². The molecule has 0 saturated heterocycles. The van der Waals surface area contributed by atoms with Crippen LogP contribution in [0.4, 0.5) is 0 Å². The highest BCUT2D eigenvalue weighted by Gasteiger charge is 2.12. The van der Waals surface area contributed by atoms with Gasteiger partial charge in [-0.05, 0) is 11.6 Å². The Labute approximate surface area is 105 Å². The molecule has 1 aromatic carbocycles. The number of thioether (sulfide) groups is 1. The first kappa shape index (κ1) is 12.2. The smallest absolute Gasteiger partial charge is 0.256 e. The fraction of sp³-hybridized carbons (Fsp3) is 0.182. The quantitative estimate of drug-likeness (QED) is 0.907. The molecule has 0 radical (unpaired) electrons. The van der Waals surface area contributed by atoms with E-state index in [0.29, 0.717) is 11.7 Å². The van der Waals surface area contributed by atoms with Crippen molar-refractivity contribution in [2.75, 3.05) is 12.3 Å². The molecule has 2 rings (SSSR count). The van der Waals surface area contributed by atoms with Crippen LogP contribution in [0.2, 0.25) is 0 Å². The third-order valence-corrected chi connectivity index (χ3v) is 4.05. The van der Waals surface area contributed by atoms with Gasteiger partial charge in [-0.15, -0.1) is 0 Å². The first-order chi connectivity index (χ1) is 8.16. The molecule has 0 saturated carbocycles. The van der Waals surface area contributed by atoms with E-state index in [9.17, 15) is 8.42 Å². The summed E-state index contributed by atoms with van der Waals surface area (Å²) in [5.41, 5.74) is 0.846. The van der Waals surface area contributed by atoms with Crippen molar-refractivity contribution in [1.29, 1.82) is 0 Å². The summed E-state index contributed by atoms with van der Waals surface area (Å²) in [6, 6.07) is 9.28. The number of rotatable bonds is 3. The van der Waals surface area contributed by atoms with E-state index in [4.69, 9.17) is 0 Å². The minimum atomic E-state index is -3.45. The largest absolute Gasteiger partial charge is 0.261 e. The maximum absolute atomic E-state index is 11.7. The van der Waals surface area contributed by atoms with Crippen LogP contribution in [0.5, 0.6) is 0 Å². The van der Waals surface area contributed by atoms with Gasteiger partial charge < -0.3 is 0 Å². The van der Waals surface area contributed by atoms with E-state index in [1.807, 2.05) is 30.3 Å². The molecular formula is C11H12N2O2S2. The van der Waals surface area contributed by atoms with Crippen molar-refractivity contribution in [3.05, 3.63) is 41.3 Å². The molecule has 4 nitrogen and oxygen atoms in total. The highest BCUT2D eigenvalue weighted by Crippen LogP contribution is 2.10. The summed E-state index contributed by atoms with van der Waals surface area (Å²) >= 11 is 1.42. The predicted molar refractivity (Wildman–Crippen MR) is 72.3 cm³/mol. The first-order valence-corrected chi connectivity index (χ1v) is 7.62. The third-order valence-electron chi connectivity index (χ3n) is 2.05. The maximum Gasteiger partial charge on any atom is 0.256 e. The van der Waals surface area contributed by atoms with Gasteiger partial charge in [0.15, 0.2) is 5.17 Å². The zero-order chi connectivity index (χ0) is 12.1. The molecule has 0 unspecified atom stereocenters. The van der Waals surface area contributed by atoms with E-state index >= 15 is 0 Å². The monoisotopic (exact) mass is 268 g/mol. The summed E-state index contributed by atoms with van der Waals surface area (Å²) in [5, 5.41) is 1.63. The fourth-order valence-corrected chi connectivity index (χ4v) is 3.14. The number of amidine groups is 1. The number of hydrogen-bond donors (Lipinski definition) is 1. The Kier molecular flexibility index (Phi) is 3.86. The van der Waals surface area contributed by atoms with Gasteiger partial charge in [0.1, 0.15) is 0 Å². The molecule has 0 aliphatic carbocycles. The Morgan fingerprint density at radius 3 is 2.71 bits per heavy atom. The van der Waals surface area contributed by atoms with Crippen LogP contribution in [-0.4, -0.2) is 25.9 Å². The molecule has 0 fully saturated rings. The summed E-state index contributed by atoms with van der Waals surface area (Å²) in [7, 11) is -3.45. The molecule has 0 bridgehead atoms. The second-order valence-electron chi connectivity index (χ2n) is 3.40. The van der Waals surface area contributed by atoms with Crippen molar-refractivity contribution in [1.82, 2.24) is 4.72 Å². The van der Waals surface area contributed by atoms with Crippen molar-refractivity contribution in [3.8, 4) is 0 Å². The molecule has 90 valence electrons. The summed E-state index contributed by atoms with van der Waals surface area (Å²) in [5.74, 6) is 0.834. The number of nitrogens with one attached hydrogen (secondary N) is 1.